The van der Waals surface area contributed by atoms with Crippen molar-refractivity contribution in [3.8, 4) is 11.1 Å². The summed E-state index contributed by atoms with van der Waals surface area (Å²) in [4.78, 5) is 4.83. The summed E-state index contributed by atoms with van der Waals surface area (Å²) >= 11 is 0. The van der Waals surface area contributed by atoms with Crippen molar-refractivity contribution in [1.82, 2.24) is 4.98 Å². The normalized spacial score (nSPS) is 17.7. The maximum absolute atomic E-state index is 4.83. The molecule has 2 bridgehead atoms. The van der Waals surface area contributed by atoms with Crippen LogP contribution in [0.3, 0.4) is 0 Å². The van der Waals surface area contributed by atoms with Crippen LogP contribution in [-0.2, 0) is 0 Å². The predicted molar refractivity (Wildman–Crippen MR) is 107 cm³/mol. The van der Waals surface area contributed by atoms with Crippen molar-refractivity contribution in [2.24, 2.45) is 0 Å². The van der Waals surface area contributed by atoms with E-state index in [1.165, 1.54) is 16.3 Å². The van der Waals surface area contributed by atoms with Gasteiger partial charge in [-0.05, 0) is 42.8 Å². The number of allylic oxidation sites excluding steroid dienone is 6. The number of nitrogens with zero attached hydrogens (tertiary/aromatic N) is 1. The molecule has 1 aromatic carbocycles. The molecule has 122 valence electrons. The van der Waals surface area contributed by atoms with E-state index in [-0.39, 0.29) is 6.04 Å². The van der Waals surface area contributed by atoms with Crippen LogP contribution in [0.4, 0.5) is 5.69 Å². The smallest absolute Gasteiger partial charge is 0.0713 e. The Hall–Kier alpha value is -3.13. The average Bonchev–Trinajstić information content (AvgIpc) is 2.92. The third kappa shape index (κ3) is 3.11. The fourth-order valence-electron chi connectivity index (χ4n) is 3.21. The fraction of sp³-hybridized carbons (Fsp3) is 0.0870. The molecular weight excluding hydrogens is 304 g/mol. The van der Waals surface area contributed by atoms with Crippen LogP contribution < -0.4 is 15.9 Å². The summed E-state index contributed by atoms with van der Waals surface area (Å²) in [5.74, 6) is 0. The lowest BCUT2D eigenvalue weighted by molar-refractivity contribution is 1.17. The molecule has 0 fully saturated rings. The number of para-hydroxylation sites is 1. The molecule has 2 aromatic rings. The lowest BCUT2D eigenvalue weighted by Gasteiger charge is -2.13. The summed E-state index contributed by atoms with van der Waals surface area (Å²) in [6.07, 6.45) is 20.8. The molecule has 2 aliphatic rings. The Morgan fingerprint density at radius 2 is 1.92 bits per heavy atom. The van der Waals surface area contributed by atoms with Crippen LogP contribution in [0.5, 0.6) is 0 Å². The van der Waals surface area contributed by atoms with Crippen LogP contribution in [0.2, 0.25) is 0 Å². The van der Waals surface area contributed by atoms with E-state index >= 15 is 0 Å². The zero-order valence-electron chi connectivity index (χ0n) is 14.2. The number of fused-ring (bicyclic) bond motifs is 3. The molecule has 1 atom stereocenters. The van der Waals surface area contributed by atoms with Gasteiger partial charge in [0.05, 0.1) is 17.1 Å². The first kappa shape index (κ1) is 15.4. The quantitative estimate of drug-likeness (QED) is 0.868. The number of aromatic nitrogens is 1. The van der Waals surface area contributed by atoms with Crippen LogP contribution in [-0.4, -0.2) is 11.0 Å². The number of benzene rings is 1. The Morgan fingerprint density at radius 1 is 1.04 bits per heavy atom. The van der Waals surface area contributed by atoms with Crippen LogP contribution in [0.1, 0.15) is 12.6 Å². The summed E-state index contributed by atoms with van der Waals surface area (Å²) in [6, 6.07) is 10.8. The third-order valence-corrected chi connectivity index (χ3v) is 4.36. The number of rotatable bonds is 3. The zero-order valence-corrected chi connectivity index (χ0v) is 14.2. The number of pyridine rings is 1. The van der Waals surface area contributed by atoms with E-state index < -0.39 is 0 Å². The molecule has 4 rings (SSSR count). The van der Waals surface area contributed by atoms with Gasteiger partial charge in [-0.2, -0.15) is 0 Å². The van der Waals surface area contributed by atoms with Gasteiger partial charge in [0.1, 0.15) is 0 Å². The topological polar surface area (TPSA) is 24.9 Å². The van der Waals surface area contributed by atoms with Crippen molar-refractivity contribution in [3.05, 3.63) is 89.1 Å². The van der Waals surface area contributed by atoms with Gasteiger partial charge in [-0.15, -0.1) is 0 Å². The summed E-state index contributed by atoms with van der Waals surface area (Å²) in [5.41, 5.74) is 4.58. The fourth-order valence-corrected chi connectivity index (χ4v) is 3.21. The Bertz CT molecular complexity index is 1040. The second-order valence-corrected chi connectivity index (χ2v) is 6.10. The molecule has 0 saturated carbocycles. The summed E-state index contributed by atoms with van der Waals surface area (Å²) in [5, 5.41) is 5.82. The predicted octanol–water partition coefficient (Wildman–Crippen LogP) is 3.82. The second-order valence-electron chi connectivity index (χ2n) is 6.10. The molecule has 1 aliphatic heterocycles. The van der Waals surface area contributed by atoms with Gasteiger partial charge in [-0.1, -0.05) is 60.7 Å². The Kier molecular flexibility index (Phi) is 4.17. The highest BCUT2D eigenvalue weighted by Crippen LogP contribution is 2.28. The summed E-state index contributed by atoms with van der Waals surface area (Å²) < 4.78 is 0. The minimum atomic E-state index is 0.187. The largest absolute Gasteiger partial charge is 0.375 e. The molecular formula is C23H20N2. The van der Waals surface area contributed by atoms with Gasteiger partial charge in [0.15, 0.2) is 0 Å². The van der Waals surface area contributed by atoms with Crippen LogP contribution in [0, 0.1) is 0 Å². The molecule has 2 heteroatoms. The maximum Gasteiger partial charge on any atom is 0.0713 e. The maximum atomic E-state index is 4.83. The van der Waals surface area contributed by atoms with E-state index in [1.807, 2.05) is 37.3 Å². The third-order valence-electron chi connectivity index (χ3n) is 4.36. The number of nitrogens with one attached hydrogen (secondary N) is 1. The van der Waals surface area contributed by atoms with Gasteiger partial charge in [0, 0.05) is 16.5 Å². The monoisotopic (exact) mass is 324 g/mol. The minimum Gasteiger partial charge on any atom is -0.375 e. The highest BCUT2D eigenvalue weighted by molar-refractivity contribution is 5.83. The van der Waals surface area contributed by atoms with Crippen molar-refractivity contribution in [1.29, 1.82) is 0 Å². The SMILES string of the molecule is C\C=C/C=C\C=C\c1cc2c3c(n1)=CC=CC(C=3)Nc1ccccc1-2. The van der Waals surface area contributed by atoms with E-state index in [4.69, 9.17) is 4.98 Å². The minimum absolute atomic E-state index is 0.187. The van der Waals surface area contributed by atoms with Gasteiger partial charge >= 0.3 is 0 Å². The molecule has 0 amide bonds. The van der Waals surface area contributed by atoms with E-state index in [0.717, 1.165) is 16.7 Å². The van der Waals surface area contributed by atoms with Crippen molar-refractivity contribution in [2.75, 3.05) is 5.32 Å². The molecule has 2 heterocycles. The number of hydrogen-bond acceptors (Lipinski definition) is 2. The lowest BCUT2D eigenvalue weighted by Crippen LogP contribution is -2.31. The van der Waals surface area contributed by atoms with Crippen molar-refractivity contribution < 1.29 is 0 Å². The number of anilines is 1. The van der Waals surface area contributed by atoms with E-state index in [1.54, 1.807) is 0 Å². The molecule has 0 saturated heterocycles. The standard InChI is InChI=1S/C23H20N2/c1-2-3-4-5-6-10-17-15-20-19-12-7-8-13-22(19)24-18-11-9-14-23(25-17)21(20)16-18/h2-16,18,24H,1H3/b3-2-,5-4-,10-6+. The van der Waals surface area contributed by atoms with Gasteiger partial charge in [-0.25, -0.2) is 4.98 Å². The first-order chi connectivity index (χ1) is 12.3. The van der Waals surface area contributed by atoms with Gasteiger partial charge < -0.3 is 5.32 Å². The summed E-state index contributed by atoms with van der Waals surface area (Å²) in [7, 11) is 0. The Balaban J connectivity index is 1.90. The highest BCUT2D eigenvalue weighted by atomic mass is 14.9. The lowest BCUT2D eigenvalue weighted by atomic mass is 10.0. The van der Waals surface area contributed by atoms with Crippen molar-refractivity contribution in [3.63, 3.8) is 0 Å². The average molecular weight is 324 g/mol. The van der Waals surface area contributed by atoms with Crippen LogP contribution in [0.15, 0.2) is 72.9 Å². The molecule has 1 aliphatic carbocycles. The van der Waals surface area contributed by atoms with E-state index in [9.17, 15) is 0 Å². The van der Waals surface area contributed by atoms with Crippen LogP contribution >= 0.6 is 0 Å². The van der Waals surface area contributed by atoms with Gasteiger partial charge in [0.2, 0.25) is 0 Å². The zero-order chi connectivity index (χ0) is 17.1. The van der Waals surface area contributed by atoms with Gasteiger partial charge in [-0.3, -0.25) is 0 Å². The Morgan fingerprint density at radius 3 is 2.84 bits per heavy atom. The molecule has 0 spiro atoms. The first-order valence-electron chi connectivity index (χ1n) is 8.58. The van der Waals surface area contributed by atoms with Crippen molar-refractivity contribution >= 4 is 23.9 Å². The van der Waals surface area contributed by atoms with E-state index in [2.05, 4.69) is 66.0 Å². The molecule has 2 nitrogen and oxygen atoms in total. The molecule has 1 unspecified atom stereocenters. The molecule has 1 N–H and O–H groups in total. The first-order valence-corrected chi connectivity index (χ1v) is 8.58. The second kappa shape index (κ2) is 6.78. The van der Waals surface area contributed by atoms with Crippen molar-refractivity contribution in [2.45, 2.75) is 13.0 Å². The molecule has 1 aromatic heterocycles. The molecule has 25 heavy (non-hydrogen) atoms. The Labute approximate surface area is 147 Å². The van der Waals surface area contributed by atoms with Gasteiger partial charge in [0.25, 0.3) is 0 Å². The van der Waals surface area contributed by atoms with E-state index in [0.29, 0.717) is 0 Å². The van der Waals surface area contributed by atoms with Crippen LogP contribution in [0.25, 0.3) is 29.4 Å². The summed E-state index contributed by atoms with van der Waals surface area (Å²) in [6.45, 7) is 2.01. The molecule has 0 radical (unpaired) electrons. The highest BCUT2D eigenvalue weighted by Gasteiger charge is 2.16. The number of hydrogen-bond donors (Lipinski definition) is 1.